The van der Waals surface area contributed by atoms with Crippen molar-refractivity contribution in [2.45, 2.75) is 32.4 Å². The molecule has 5 nitrogen and oxygen atoms in total. The van der Waals surface area contributed by atoms with Crippen LogP contribution in [0.4, 0.5) is 0 Å². The lowest BCUT2D eigenvalue weighted by molar-refractivity contribution is -0.137. The van der Waals surface area contributed by atoms with E-state index in [0.717, 1.165) is 5.69 Å². The van der Waals surface area contributed by atoms with E-state index in [1.54, 1.807) is 4.68 Å². The van der Waals surface area contributed by atoms with Gasteiger partial charge in [0.05, 0.1) is 5.69 Å². The topological polar surface area (TPSA) is 67.2 Å². The number of aliphatic carboxylic acids is 1. The van der Waals surface area contributed by atoms with Crippen molar-refractivity contribution in [1.29, 1.82) is 0 Å². The highest BCUT2D eigenvalue weighted by molar-refractivity contribution is 5.66. The minimum Gasteiger partial charge on any atom is -0.481 e. The second-order valence-corrected chi connectivity index (χ2v) is 3.70. The number of carboxylic acid groups (broad SMARTS) is 1. The van der Waals surface area contributed by atoms with Crippen molar-refractivity contribution in [1.82, 2.24) is 15.1 Å². The molecule has 1 rings (SSSR count). The minimum atomic E-state index is -0.749. The molecule has 1 aromatic heterocycles. The van der Waals surface area contributed by atoms with E-state index in [1.165, 1.54) is 0 Å². The van der Waals surface area contributed by atoms with E-state index in [9.17, 15) is 4.79 Å². The van der Waals surface area contributed by atoms with Crippen LogP contribution >= 0.6 is 0 Å². The van der Waals surface area contributed by atoms with Crippen molar-refractivity contribution in [3.63, 3.8) is 0 Å². The van der Waals surface area contributed by atoms with E-state index in [-0.39, 0.29) is 12.5 Å². The number of aromatic nitrogens is 2. The molecule has 0 saturated carbocycles. The zero-order valence-corrected chi connectivity index (χ0v) is 9.10. The molecule has 5 heteroatoms. The maximum atomic E-state index is 10.3. The van der Waals surface area contributed by atoms with Crippen molar-refractivity contribution in [2.75, 3.05) is 0 Å². The third-order valence-corrected chi connectivity index (χ3v) is 2.19. The number of hydrogen-bond acceptors (Lipinski definition) is 3. The first-order valence-electron chi connectivity index (χ1n) is 5.01. The number of nitrogens with one attached hydrogen (secondary N) is 1. The van der Waals surface area contributed by atoms with Gasteiger partial charge in [0.25, 0.3) is 0 Å². The second kappa shape index (κ2) is 5.50. The van der Waals surface area contributed by atoms with Crippen molar-refractivity contribution in [3.05, 3.63) is 18.0 Å². The van der Waals surface area contributed by atoms with Gasteiger partial charge < -0.3 is 10.4 Å². The molecule has 0 aliphatic rings. The molecule has 1 unspecified atom stereocenters. The van der Waals surface area contributed by atoms with E-state index in [1.807, 2.05) is 26.2 Å². The molecule has 15 heavy (non-hydrogen) atoms. The van der Waals surface area contributed by atoms with Crippen LogP contribution < -0.4 is 5.32 Å². The quantitative estimate of drug-likeness (QED) is 0.729. The van der Waals surface area contributed by atoms with Crippen LogP contribution in [0.3, 0.4) is 0 Å². The first-order valence-corrected chi connectivity index (χ1v) is 5.01. The highest BCUT2D eigenvalue weighted by Crippen LogP contribution is 1.99. The van der Waals surface area contributed by atoms with Gasteiger partial charge in [0.15, 0.2) is 0 Å². The summed E-state index contributed by atoms with van der Waals surface area (Å²) in [5.74, 6) is -0.749. The van der Waals surface area contributed by atoms with Crippen molar-refractivity contribution < 1.29 is 9.90 Å². The first kappa shape index (κ1) is 11.7. The maximum Gasteiger partial charge on any atom is 0.303 e. The molecule has 84 valence electrons. The van der Waals surface area contributed by atoms with E-state index in [4.69, 9.17) is 5.11 Å². The Morgan fingerprint density at radius 1 is 1.73 bits per heavy atom. The summed E-state index contributed by atoms with van der Waals surface area (Å²) in [6.45, 7) is 2.66. The summed E-state index contributed by atoms with van der Waals surface area (Å²) in [6.07, 6.45) is 2.73. The molecular weight excluding hydrogens is 194 g/mol. The van der Waals surface area contributed by atoms with Crippen LogP contribution in [0, 0.1) is 0 Å². The predicted octanol–water partition coefficient (Wildman–Crippen LogP) is 0.763. The molecule has 0 radical (unpaired) electrons. The van der Waals surface area contributed by atoms with Gasteiger partial charge in [-0.25, -0.2) is 0 Å². The van der Waals surface area contributed by atoms with Crippen LogP contribution in [-0.2, 0) is 18.4 Å². The van der Waals surface area contributed by atoms with Gasteiger partial charge >= 0.3 is 5.97 Å². The van der Waals surface area contributed by atoms with Crippen LogP contribution in [0.25, 0.3) is 0 Å². The molecule has 0 amide bonds. The molecule has 0 aliphatic heterocycles. The molecule has 1 atom stereocenters. The molecule has 1 heterocycles. The fraction of sp³-hybridized carbons (Fsp3) is 0.600. The maximum absolute atomic E-state index is 10.3. The van der Waals surface area contributed by atoms with Crippen LogP contribution in [-0.4, -0.2) is 26.9 Å². The van der Waals surface area contributed by atoms with Crippen LogP contribution in [0.5, 0.6) is 0 Å². The second-order valence-electron chi connectivity index (χ2n) is 3.70. The Kier molecular flexibility index (Phi) is 4.30. The van der Waals surface area contributed by atoms with Gasteiger partial charge in [0.1, 0.15) is 0 Å². The lowest BCUT2D eigenvalue weighted by Crippen LogP contribution is -2.26. The lowest BCUT2D eigenvalue weighted by atomic mass is 10.2. The highest BCUT2D eigenvalue weighted by Gasteiger charge is 2.05. The molecular formula is C10H17N3O2. The highest BCUT2D eigenvalue weighted by atomic mass is 16.4. The summed E-state index contributed by atoms with van der Waals surface area (Å²) >= 11 is 0. The Morgan fingerprint density at radius 3 is 3.00 bits per heavy atom. The number of rotatable bonds is 6. The van der Waals surface area contributed by atoms with Crippen LogP contribution in [0.2, 0.25) is 0 Å². The number of carboxylic acids is 1. The minimum absolute atomic E-state index is 0.197. The van der Waals surface area contributed by atoms with Crippen LogP contribution in [0.1, 0.15) is 25.5 Å². The van der Waals surface area contributed by atoms with E-state index < -0.39 is 5.97 Å². The molecule has 0 spiro atoms. The van der Waals surface area contributed by atoms with Gasteiger partial charge in [-0.05, 0) is 19.4 Å². The molecule has 1 aromatic rings. The molecule has 0 saturated heterocycles. The largest absolute Gasteiger partial charge is 0.481 e. The smallest absolute Gasteiger partial charge is 0.303 e. The molecule has 0 aromatic carbocycles. The molecule has 0 fully saturated rings. The molecule has 2 N–H and O–H groups in total. The number of nitrogens with zero attached hydrogens (tertiary/aromatic N) is 2. The Morgan fingerprint density at radius 2 is 2.47 bits per heavy atom. The Hall–Kier alpha value is -1.36. The van der Waals surface area contributed by atoms with Crippen molar-refractivity contribution in [2.24, 2.45) is 7.05 Å². The third-order valence-electron chi connectivity index (χ3n) is 2.19. The zero-order valence-electron chi connectivity index (χ0n) is 9.10. The Labute approximate surface area is 89.1 Å². The fourth-order valence-corrected chi connectivity index (χ4v) is 1.28. The van der Waals surface area contributed by atoms with Gasteiger partial charge in [-0.2, -0.15) is 5.10 Å². The van der Waals surface area contributed by atoms with Gasteiger partial charge in [0.2, 0.25) is 0 Å². The molecule has 0 aliphatic carbocycles. The lowest BCUT2D eigenvalue weighted by Gasteiger charge is -2.10. The zero-order chi connectivity index (χ0) is 11.3. The molecule has 0 bridgehead atoms. The summed E-state index contributed by atoms with van der Waals surface area (Å²) in [4.78, 5) is 10.3. The summed E-state index contributed by atoms with van der Waals surface area (Å²) in [6, 6.07) is 2.14. The average Bonchev–Trinajstić information content (AvgIpc) is 2.58. The summed E-state index contributed by atoms with van der Waals surface area (Å²) in [5.41, 5.74) is 0.972. The number of hydrogen-bond donors (Lipinski definition) is 2. The number of aryl methyl sites for hydroxylation is 1. The fourth-order valence-electron chi connectivity index (χ4n) is 1.28. The van der Waals surface area contributed by atoms with Gasteiger partial charge in [-0.3, -0.25) is 9.48 Å². The van der Waals surface area contributed by atoms with Gasteiger partial charge in [-0.1, -0.05) is 0 Å². The summed E-state index contributed by atoms with van der Waals surface area (Å²) < 4.78 is 1.75. The van der Waals surface area contributed by atoms with Gasteiger partial charge in [-0.15, -0.1) is 0 Å². The summed E-state index contributed by atoms with van der Waals surface area (Å²) in [5, 5.41) is 16.0. The van der Waals surface area contributed by atoms with E-state index in [0.29, 0.717) is 13.0 Å². The SMILES string of the molecule is CC(CCC(=O)O)NCc1ccn(C)n1. The monoisotopic (exact) mass is 211 g/mol. The third kappa shape index (κ3) is 4.60. The first-order chi connectivity index (χ1) is 7.08. The summed E-state index contributed by atoms with van der Waals surface area (Å²) in [7, 11) is 1.87. The van der Waals surface area contributed by atoms with E-state index in [2.05, 4.69) is 10.4 Å². The normalized spacial score (nSPS) is 12.7. The standard InChI is InChI=1S/C10H17N3O2/c1-8(3-4-10(14)15)11-7-9-5-6-13(2)12-9/h5-6,8,11H,3-4,7H2,1-2H3,(H,14,15). The van der Waals surface area contributed by atoms with Crippen molar-refractivity contribution in [3.8, 4) is 0 Å². The van der Waals surface area contributed by atoms with Gasteiger partial charge in [0, 0.05) is 32.3 Å². The Balaban J connectivity index is 2.22. The predicted molar refractivity (Wildman–Crippen MR) is 56.4 cm³/mol. The number of carbonyl (C=O) groups is 1. The van der Waals surface area contributed by atoms with Crippen LogP contribution in [0.15, 0.2) is 12.3 Å². The van der Waals surface area contributed by atoms with E-state index >= 15 is 0 Å². The average molecular weight is 211 g/mol. The van der Waals surface area contributed by atoms with Crippen molar-refractivity contribution >= 4 is 5.97 Å². The Bertz CT molecular complexity index is 322.